The van der Waals surface area contributed by atoms with E-state index < -0.39 is 17.1 Å². The molecule has 0 unspecified atom stereocenters. The van der Waals surface area contributed by atoms with Crippen molar-refractivity contribution >= 4 is 46.6 Å². The highest BCUT2D eigenvalue weighted by molar-refractivity contribution is 8.18. The molecule has 1 fully saturated rings. The van der Waals surface area contributed by atoms with Gasteiger partial charge in [-0.05, 0) is 35.9 Å². The number of unbranched alkanes of at least 4 members (excludes halogenated alkanes) is 1. The second kappa shape index (κ2) is 8.17. The molecule has 0 radical (unpaired) electrons. The number of ether oxygens (including phenoxy) is 1. The van der Waals surface area contributed by atoms with Crippen LogP contribution in [0.5, 0.6) is 0 Å². The van der Waals surface area contributed by atoms with E-state index in [0.717, 1.165) is 29.5 Å². The second-order valence-corrected chi connectivity index (χ2v) is 6.26. The fourth-order valence-corrected chi connectivity index (χ4v) is 2.89. The van der Waals surface area contributed by atoms with Crippen LogP contribution in [0.2, 0.25) is 5.02 Å². The van der Waals surface area contributed by atoms with E-state index in [0.29, 0.717) is 17.2 Å². The Hall–Kier alpha value is -1.79. The van der Waals surface area contributed by atoms with Gasteiger partial charge in [-0.1, -0.05) is 43.1 Å². The molecular weight excluding hydrogens is 338 g/mol. The minimum absolute atomic E-state index is 0.240. The topological polar surface area (TPSA) is 63.7 Å². The fraction of sp³-hybridized carbons (Fsp3) is 0.312. The van der Waals surface area contributed by atoms with Gasteiger partial charge in [0.15, 0.2) is 0 Å². The molecule has 1 aromatic rings. The van der Waals surface area contributed by atoms with Gasteiger partial charge in [0, 0.05) is 5.02 Å². The molecule has 5 nitrogen and oxygen atoms in total. The number of amides is 2. The van der Waals surface area contributed by atoms with E-state index in [1.165, 1.54) is 0 Å². The first kappa shape index (κ1) is 17.6. The van der Waals surface area contributed by atoms with Crippen LogP contribution < -0.4 is 0 Å². The van der Waals surface area contributed by atoms with Crippen LogP contribution in [0.1, 0.15) is 25.3 Å². The largest absolute Gasteiger partial charge is 0.464 e. The van der Waals surface area contributed by atoms with Crippen LogP contribution in [0.3, 0.4) is 0 Å². The zero-order chi connectivity index (χ0) is 16.8. The number of carbonyl (C=O) groups excluding carboxylic acids is 3. The molecule has 0 N–H and O–H groups in total. The Kier molecular flexibility index (Phi) is 6.24. The fourth-order valence-electron chi connectivity index (χ4n) is 1.87. The van der Waals surface area contributed by atoms with E-state index >= 15 is 0 Å². The Morgan fingerprint density at radius 2 is 2.09 bits per heavy atom. The maximum absolute atomic E-state index is 12.3. The molecule has 1 heterocycles. The maximum Gasteiger partial charge on any atom is 0.326 e. The van der Waals surface area contributed by atoms with Crippen molar-refractivity contribution in [2.75, 3.05) is 13.2 Å². The Morgan fingerprint density at radius 1 is 1.35 bits per heavy atom. The van der Waals surface area contributed by atoms with Crippen LogP contribution in [0, 0.1) is 0 Å². The summed E-state index contributed by atoms with van der Waals surface area (Å²) in [5.74, 6) is -1.09. The molecular formula is C16H16ClNO4S. The van der Waals surface area contributed by atoms with Gasteiger partial charge in [-0.3, -0.25) is 19.3 Å². The van der Waals surface area contributed by atoms with Crippen molar-refractivity contribution in [1.82, 2.24) is 4.90 Å². The Morgan fingerprint density at radius 3 is 2.78 bits per heavy atom. The number of nitrogens with zero attached hydrogens (tertiary/aromatic N) is 1. The van der Waals surface area contributed by atoms with E-state index in [2.05, 4.69) is 0 Å². The molecule has 0 saturated carbocycles. The summed E-state index contributed by atoms with van der Waals surface area (Å²) < 4.78 is 4.98. The Balaban J connectivity index is 2.05. The third kappa shape index (κ3) is 4.59. The lowest BCUT2D eigenvalue weighted by Gasteiger charge is -2.11. The highest BCUT2D eigenvalue weighted by Crippen LogP contribution is 2.33. The summed E-state index contributed by atoms with van der Waals surface area (Å²) in [6, 6.07) is 7.00. The number of benzene rings is 1. The molecule has 1 aliphatic heterocycles. The van der Waals surface area contributed by atoms with Crippen molar-refractivity contribution < 1.29 is 19.1 Å². The zero-order valence-electron chi connectivity index (χ0n) is 12.6. The lowest BCUT2D eigenvalue weighted by Crippen LogP contribution is -2.34. The number of esters is 1. The van der Waals surface area contributed by atoms with Crippen molar-refractivity contribution in [2.45, 2.75) is 19.8 Å². The summed E-state index contributed by atoms with van der Waals surface area (Å²) in [6.45, 7) is 1.90. The molecule has 0 aromatic heterocycles. The van der Waals surface area contributed by atoms with Gasteiger partial charge >= 0.3 is 5.97 Å². The standard InChI is InChI=1S/C16H16ClNO4S/c1-2-3-8-22-14(19)10-18-15(20)13(23-16(18)21)9-11-6-4-5-7-12(11)17/h4-7,9H,2-3,8,10H2,1H3/b13-9+. The van der Waals surface area contributed by atoms with Crippen LogP contribution in [0.15, 0.2) is 29.2 Å². The number of carbonyl (C=O) groups is 3. The van der Waals surface area contributed by atoms with Gasteiger partial charge in [0.1, 0.15) is 6.54 Å². The third-order valence-corrected chi connectivity index (χ3v) is 4.37. The molecule has 1 saturated heterocycles. The minimum atomic E-state index is -0.584. The summed E-state index contributed by atoms with van der Waals surface area (Å²) in [5, 5.41) is -0.000908. The van der Waals surface area contributed by atoms with E-state index in [-0.39, 0.29) is 11.4 Å². The molecule has 1 aliphatic rings. The average Bonchev–Trinajstić information content (AvgIpc) is 2.77. The number of imide groups is 1. The quantitative estimate of drug-likeness (QED) is 0.443. The molecule has 0 atom stereocenters. The van der Waals surface area contributed by atoms with Crippen LogP contribution >= 0.6 is 23.4 Å². The Labute approximate surface area is 143 Å². The highest BCUT2D eigenvalue weighted by Gasteiger charge is 2.36. The number of rotatable bonds is 6. The molecule has 7 heteroatoms. The smallest absolute Gasteiger partial charge is 0.326 e. The Bertz CT molecular complexity index is 659. The summed E-state index contributed by atoms with van der Waals surface area (Å²) >= 11 is 6.83. The van der Waals surface area contributed by atoms with Crippen LogP contribution in [-0.2, 0) is 14.3 Å². The predicted molar refractivity (Wildman–Crippen MR) is 90.0 cm³/mol. The van der Waals surface area contributed by atoms with Gasteiger partial charge in [-0.2, -0.15) is 0 Å². The normalized spacial score (nSPS) is 16.3. The lowest BCUT2D eigenvalue weighted by atomic mass is 10.2. The van der Waals surface area contributed by atoms with Crippen LogP contribution in [0.25, 0.3) is 6.08 Å². The van der Waals surface area contributed by atoms with Gasteiger partial charge in [0.25, 0.3) is 11.1 Å². The first-order valence-corrected chi connectivity index (χ1v) is 8.38. The van der Waals surface area contributed by atoms with Crippen molar-refractivity contribution in [2.24, 2.45) is 0 Å². The first-order valence-electron chi connectivity index (χ1n) is 7.18. The monoisotopic (exact) mass is 353 g/mol. The number of thioether (sulfide) groups is 1. The number of hydrogen-bond donors (Lipinski definition) is 0. The van der Waals surface area contributed by atoms with Crippen molar-refractivity contribution in [3.63, 3.8) is 0 Å². The van der Waals surface area contributed by atoms with E-state index in [4.69, 9.17) is 16.3 Å². The van der Waals surface area contributed by atoms with E-state index in [1.807, 2.05) is 6.92 Å². The molecule has 2 amide bonds. The van der Waals surface area contributed by atoms with Crippen molar-refractivity contribution in [3.05, 3.63) is 39.8 Å². The molecule has 0 spiro atoms. The van der Waals surface area contributed by atoms with E-state index in [9.17, 15) is 14.4 Å². The maximum atomic E-state index is 12.3. The summed E-state index contributed by atoms with van der Waals surface area (Å²) in [4.78, 5) is 37.0. The van der Waals surface area contributed by atoms with Crippen molar-refractivity contribution in [1.29, 1.82) is 0 Å². The molecule has 0 bridgehead atoms. The van der Waals surface area contributed by atoms with Gasteiger partial charge < -0.3 is 4.74 Å². The summed E-state index contributed by atoms with van der Waals surface area (Å²) in [6.07, 6.45) is 3.20. The SMILES string of the molecule is CCCCOC(=O)CN1C(=O)S/C(=C/c2ccccc2Cl)C1=O. The third-order valence-electron chi connectivity index (χ3n) is 3.11. The second-order valence-electron chi connectivity index (χ2n) is 4.86. The van der Waals surface area contributed by atoms with Gasteiger partial charge in [-0.25, -0.2) is 0 Å². The first-order chi connectivity index (χ1) is 11.0. The summed E-state index contributed by atoms with van der Waals surface area (Å²) in [7, 11) is 0. The number of halogens is 1. The van der Waals surface area contributed by atoms with E-state index in [1.54, 1.807) is 30.3 Å². The van der Waals surface area contributed by atoms with Gasteiger partial charge in [-0.15, -0.1) is 0 Å². The van der Waals surface area contributed by atoms with Gasteiger partial charge in [0.2, 0.25) is 0 Å². The van der Waals surface area contributed by atoms with Crippen molar-refractivity contribution in [3.8, 4) is 0 Å². The van der Waals surface area contributed by atoms with Gasteiger partial charge in [0.05, 0.1) is 11.5 Å². The lowest BCUT2D eigenvalue weighted by molar-refractivity contribution is -0.146. The zero-order valence-corrected chi connectivity index (χ0v) is 14.2. The van der Waals surface area contributed by atoms with Crippen LogP contribution in [0.4, 0.5) is 4.79 Å². The molecule has 0 aliphatic carbocycles. The minimum Gasteiger partial charge on any atom is -0.464 e. The summed E-state index contributed by atoms with van der Waals surface area (Å²) in [5.41, 5.74) is 0.644. The molecule has 1 aromatic carbocycles. The predicted octanol–water partition coefficient (Wildman–Crippen LogP) is 3.72. The highest BCUT2D eigenvalue weighted by atomic mass is 35.5. The molecule has 23 heavy (non-hydrogen) atoms. The molecule has 122 valence electrons. The number of hydrogen-bond acceptors (Lipinski definition) is 5. The van der Waals surface area contributed by atoms with Crippen LogP contribution in [-0.4, -0.2) is 35.2 Å². The molecule has 2 rings (SSSR count). The average molecular weight is 354 g/mol.